The van der Waals surface area contributed by atoms with Crippen LogP contribution >= 0.6 is 27.5 Å². The number of hydrogen-bond acceptors (Lipinski definition) is 3. The van der Waals surface area contributed by atoms with E-state index in [-0.39, 0.29) is 21.3 Å². The molecule has 0 heterocycles. The standard InChI is InChI=1S/C12H9BrClFN2O2S/c13-7-1-4-11(16)12(5-7)20(18,19)17-8-2-3-9(14)10(15)6-8/h1-6,17H,16H2. The number of benzene rings is 2. The van der Waals surface area contributed by atoms with Crippen molar-refractivity contribution in [2.75, 3.05) is 10.5 Å². The molecule has 0 fully saturated rings. The van der Waals surface area contributed by atoms with Crippen molar-refractivity contribution in [3.63, 3.8) is 0 Å². The first-order valence-electron chi connectivity index (χ1n) is 5.32. The van der Waals surface area contributed by atoms with Gasteiger partial charge in [-0.25, -0.2) is 12.8 Å². The molecule has 8 heteroatoms. The molecule has 0 aromatic heterocycles. The van der Waals surface area contributed by atoms with Gasteiger partial charge in [0.25, 0.3) is 10.0 Å². The molecule has 0 aliphatic carbocycles. The second kappa shape index (κ2) is 5.59. The Morgan fingerprint density at radius 3 is 2.55 bits per heavy atom. The molecule has 0 saturated carbocycles. The maximum Gasteiger partial charge on any atom is 0.263 e. The van der Waals surface area contributed by atoms with E-state index in [2.05, 4.69) is 20.7 Å². The Labute approximate surface area is 128 Å². The zero-order chi connectivity index (χ0) is 14.9. The molecule has 20 heavy (non-hydrogen) atoms. The Hall–Kier alpha value is -1.31. The van der Waals surface area contributed by atoms with Crippen LogP contribution in [0.15, 0.2) is 45.8 Å². The average molecular weight is 380 g/mol. The minimum Gasteiger partial charge on any atom is -0.398 e. The SMILES string of the molecule is Nc1ccc(Br)cc1S(=O)(=O)Nc1ccc(Cl)c(F)c1. The van der Waals surface area contributed by atoms with Crippen LogP contribution in [-0.4, -0.2) is 8.42 Å². The number of rotatable bonds is 3. The molecule has 2 aromatic rings. The van der Waals surface area contributed by atoms with Crippen molar-refractivity contribution < 1.29 is 12.8 Å². The van der Waals surface area contributed by atoms with Crippen molar-refractivity contribution in [2.45, 2.75) is 4.90 Å². The van der Waals surface area contributed by atoms with E-state index in [1.54, 1.807) is 6.07 Å². The smallest absolute Gasteiger partial charge is 0.263 e. The monoisotopic (exact) mass is 378 g/mol. The molecular formula is C12H9BrClFN2O2S. The fraction of sp³-hybridized carbons (Fsp3) is 0. The Balaban J connectivity index is 2.40. The minimum atomic E-state index is -3.91. The number of hydrogen-bond donors (Lipinski definition) is 2. The van der Waals surface area contributed by atoms with Gasteiger partial charge in [-0.3, -0.25) is 4.72 Å². The van der Waals surface area contributed by atoms with Gasteiger partial charge in [-0.1, -0.05) is 27.5 Å². The molecule has 3 N–H and O–H groups in total. The molecule has 0 bridgehead atoms. The third kappa shape index (κ3) is 3.23. The number of nitrogens with one attached hydrogen (secondary N) is 1. The first kappa shape index (κ1) is 15.1. The summed E-state index contributed by atoms with van der Waals surface area (Å²) in [6.45, 7) is 0. The number of sulfonamides is 1. The van der Waals surface area contributed by atoms with E-state index in [1.807, 2.05) is 0 Å². The van der Waals surface area contributed by atoms with Crippen molar-refractivity contribution in [3.05, 3.63) is 51.7 Å². The lowest BCUT2D eigenvalue weighted by Gasteiger charge is -2.11. The molecule has 0 unspecified atom stereocenters. The highest BCUT2D eigenvalue weighted by Gasteiger charge is 2.18. The van der Waals surface area contributed by atoms with E-state index in [0.717, 1.165) is 6.07 Å². The molecule has 0 saturated heterocycles. The zero-order valence-electron chi connectivity index (χ0n) is 9.90. The highest BCUT2D eigenvalue weighted by atomic mass is 79.9. The molecule has 0 aliphatic heterocycles. The number of halogens is 3. The maximum absolute atomic E-state index is 13.3. The van der Waals surface area contributed by atoms with Crippen LogP contribution in [0.5, 0.6) is 0 Å². The van der Waals surface area contributed by atoms with Gasteiger partial charge < -0.3 is 5.73 Å². The molecule has 2 rings (SSSR count). The topological polar surface area (TPSA) is 72.2 Å². The van der Waals surface area contributed by atoms with E-state index in [4.69, 9.17) is 17.3 Å². The van der Waals surface area contributed by atoms with E-state index in [1.165, 1.54) is 24.3 Å². The summed E-state index contributed by atoms with van der Waals surface area (Å²) in [5, 5.41) is -0.0880. The fourth-order valence-electron chi connectivity index (χ4n) is 1.51. The van der Waals surface area contributed by atoms with Gasteiger partial charge in [-0.2, -0.15) is 0 Å². The molecule has 2 aromatic carbocycles. The van der Waals surface area contributed by atoms with Crippen LogP contribution in [0.2, 0.25) is 5.02 Å². The Bertz CT molecular complexity index is 768. The highest BCUT2D eigenvalue weighted by molar-refractivity contribution is 9.10. The van der Waals surface area contributed by atoms with Crippen LogP contribution in [0.4, 0.5) is 15.8 Å². The second-order valence-corrected chi connectivity index (χ2v) is 6.89. The summed E-state index contributed by atoms with van der Waals surface area (Å²) in [4.78, 5) is -0.0952. The summed E-state index contributed by atoms with van der Waals surface area (Å²) in [7, 11) is -3.91. The quantitative estimate of drug-likeness (QED) is 0.800. The minimum absolute atomic E-state index is 0.0614. The summed E-state index contributed by atoms with van der Waals surface area (Å²) < 4.78 is 40.5. The van der Waals surface area contributed by atoms with Crippen molar-refractivity contribution in [3.8, 4) is 0 Å². The van der Waals surface area contributed by atoms with Crippen LogP contribution in [0, 0.1) is 5.82 Å². The fourth-order valence-corrected chi connectivity index (χ4v) is 3.35. The lowest BCUT2D eigenvalue weighted by molar-refractivity contribution is 0.601. The molecule has 106 valence electrons. The van der Waals surface area contributed by atoms with Gasteiger partial charge in [0.2, 0.25) is 0 Å². The van der Waals surface area contributed by atoms with Crippen molar-refractivity contribution in [1.82, 2.24) is 0 Å². The predicted octanol–water partition coefficient (Wildman–Crippen LogP) is 3.62. The second-order valence-electron chi connectivity index (χ2n) is 3.92. The summed E-state index contributed by atoms with van der Waals surface area (Å²) >= 11 is 8.71. The van der Waals surface area contributed by atoms with E-state index in [0.29, 0.717) is 4.47 Å². The van der Waals surface area contributed by atoms with Gasteiger partial charge in [-0.05, 0) is 36.4 Å². The molecule has 0 radical (unpaired) electrons. The molecular weight excluding hydrogens is 371 g/mol. The van der Waals surface area contributed by atoms with Crippen LogP contribution in [0.25, 0.3) is 0 Å². The maximum atomic E-state index is 13.3. The largest absolute Gasteiger partial charge is 0.398 e. The normalized spacial score (nSPS) is 11.3. The average Bonchev–Trinajstić information content (AvgIpc) is 2.36. The molecule has 4 nitrogen and oxygen atoms in total. The number of nitrogens with two attached hydrogens (primary N) is 1. The van der Waals surface area contributed by atoms with E-state index < -0.39 is 15.8 Å². The lowest BCUT2D eigenvalue weighted by atomic mass is 10.3. The van der Waals surface area contributed by atoms with E-state index >= 15 is 0 Å². The van der Waals surface area contributed by atoms with Crippen molar-refractivity contribution in [2.24, 2.45) is 0 Å². The van der Waals surface area contributed by atoms with Gasteiger partial charge >= 0.3 is 0 Å². The van der Waals surface area contributed by atoms with Crippen molar-refractivity contribution >= 4 is 48.9 Å². The summed E-state index contributed by atoms with van der Waals surface area (Å²) in [5.74, 6) is -0.714. The summed E-state index contributed by atoms with van der Waals surface area (Å²) in [6, 6.07) is 8.06. The first-order valence-corrected chi connectivity index (χ1v) is 7.98. The third-order valence-corrected chi connectivity index (χ3v) is 4.67. The highest BCUT2D eigenvalue weighted by Crippen LogP contribution is 2.26. The van der Waals surface area contributed by atoms with Gasteiger partial charge in [0, 0.05) is 4.47 Å². The Morgan fingerprint density at radius 1 is 1.20 bits per heavy atom. The predicted molar refractivity (Wildman–Crippen MR) is 80.8 cm³/mol. The van der Waals surface area contributed by atoms with Crippen LogP contribution in [-0.2, 0) is 10.0 Å². The Kier molecular flexibility index (Phi) is 4.22. The van der Waals surface area contributed by atoms with Crippen LogP contribution in [0.3, 0.4) is 0 Å². The lowest BCUT2D eigenvalue weighted by Crippen LogP contribution is -2.15. The molecule has 0 atom stereocenters. The third-order valence-electron chi connectivity index (χ3n) is 2.44. The number of anilines is 2. The molecule has 0 aliphatic rings. The first-order chi connectivity index (χ1) is 9.29. The van der Waals surface area contributed by atoms with Gasteiger partial charge in [0.05, 0.1) is 16.4 Å². The molecule has 0 spiro atoms. The molecule has 0 amide bonds. The van der Waals surface area contributed by atoms with E-state index in [9.17, 15) is 12.8 Å². The zero-order valence-corrected chi connectivity index (χ0v) is 13.1. The van der Waals surface area contributed by atoms with Crippen molar-refractivity contribution in [1.29, 1.82) is 0 Å². The van der Waals surface area contributed by atoms with Gasteiger partial charge in [0.1, 0.15) is 10.7 Å². The Morgan fingerprint density at radius 2 is 1.90 bits per heavy atom. The van der Waals surface area contributed by atoms with Gasteiger partial charge in [-0.15, -0.1) is 0 Å². The number of nitrogen functional groups attached to an aromatic ring is 1. The van der Waals surface area contributed by atoms with Gasteiger partial charge in [0.15, 0.2) is 0 Å². The summed E-state index contributed by atoms with van der Waals surface area (Å²) in [5.41, 5.74) is 5.80. The summed E-state index contributed by atoms with van der Waals surface area (Å²) in [6.07, 6.45) is 0. The van der Waals surface area contributed by atoms with Crippen LogP contribution < -0.4 is 10.5 Å². The van der Waals surface area contributed by atoms with Crippen LogP contribution in [0.1, 0.15) is 0 Å².